The Morgan fingerprint density at radius 2 is 1.97 bits per heavy atom. The number of carbonyl (C=O) groups excluding carboxylic acids is 1. The Morgan fingerprint density at radius 3 is 2.61 bits per heavy atom. The van der Waals surface area contributed by atoms with Crippen molar-refractivity contribution in [3.8, 4) is 11.3 Å². The van der Waals surface area contributed by atoms with Crippen LogP contribution in [0.25, 0.3) is 11.3 Å². The van der Waals surface area contributed by atoms with Crippen LogP contribution >= 0.6 is 0 Å². The summed E-state index contributed by atoms with van der Waals surface area (Å²) in [5.74, 6) is -4.24. The summed E-state index contributed by atoms with van der Waals surface area (Å²) in [7, 11) is 1.62. The van der Waals surface area contributed by atoms with Gasteiger partial charge in [-0.05, 0) is 42.7 Å². The fourth-order valence-corrected chi connectivity index (χ4v) is 4.41. The number of piperidine rings is 1. The van der Waals surface area contributed by atoms with Crippen LogP contribution in [0.15, 0.2) is 42.9 Å². The summed E-state index contributed by atoms with van der Waals surface area (Å²) in [6, 6.07) is 4.94. The van der Waals surface area contributed by atoms with Crippen LogP contribution in [-0.2, 0) is 13.2 Å². The number of anilines is 1. The smallest absolute Gasteiger partial charge is 0.368 e. The molecule has 192 valence electrons. The van der Waals surface area contributed by atoms with Crippen LogP contribution in [0.2, 0.25) is 0 Å². The van der Waals surface area contributed by atoms with Crippen molar-refractivity contribution < 1.29 is 26.7 Å². The van der Waals surface area contributed by atoms with E-state index in [1.807, 2.05) is 6.92 Å². The number of halogens is 5. The highest BCUT2D eigenvalue weighted by atomic mass is 19.4. The first-order valence-electron chi connectivity index (χ1n) is 11.3. The molecule has 1 saturated heterocycles. The van der Waals surface area contributed by atoms with E-state index in [0.29, 0.717) is 17.5 Å². The van der Waals surface area contributed by atoms with E-state index in [-0.39, 0.29) is 18.1 Å². The molecule has 1 aliphatic rings. The Hall–Kier alpha value is -3.57. The topological polar surface area (TPSA) is 75.9 Å². The molecule has 2 atom stereocenters. The van der Waals surface area contributed by atoms with Crippen molar-refractivity contribution in [2.45, 2.75) is 38.4 Å². The third-order valence-corrected chi connectivity index (χ3v) is 6.15. The molecule has 3 aromatic heterocycles. The summed E-state index contributed by atoms with van der Waals surface area (Å²) < 4.78 is 69.0. The molecule has 1 N–H and O–H groups in total. The van der Waals surface area contributed by atoms with Gasteiger partial charge in [-0.2, -0.15) is 18.3 Å². The molecule has 0 bridgehead atoms. The fraction of sp³-hybridized carbons (Fsp3) is 0.417. The van der Waals surface area contributed by atoms with Gasteiger partial charge in [0.1, 0.15) is 5.82 Å². The minimum absolute atomic E-state index is 0.00171. The molecular formula is C24H25F5N6O. The van der Waals surface area contributed by atoms with Crippen LogP contribution in [0.5, 0.6) is 0 Å². The van der Waals surface area contributed by atoms with Gasteiger partial charge in [-0.15, -0.1) is 0 Å². The zero-order valence-electron chi connectivity index (χ0n) is 19.9. The number of amides is 1. The Labute approximate surface area is 204 Å². The Morgan fingerprint density at radius 1 is 1.22 bits per heavy atom. The molecule has 1 unspecified atom stereocenters. The minimum atomic E-state index is -4.52. The number of alkyl halides is 5. The summed E-state index contributed by atoms with van der Waals surface area (Å²) in [4.78, 5) is 22.8. The molecule has 12 heteroatoms. The van der Waals surface area contributed by atoms with Gasteiger partial charge in [0.05, 0.1) is 29.4 Å². The molecule has 36 heavy (non-hydrogen) atoms. The Bertz CT molecular complexity index is 1240. The maximum Gasteiger partial charge on any atom is 0.417 e. The summed E-state index contributed by atoms with van der Waals surface area (Å²) >= 11 is 0. The van der Waals surface area contributed by atoms with Crippen molar-refractivity contribution in [3.63, 3.8) is 0 Å². The fourth-order valence-electron chi connectivity index (χ4n) is 4.41. The summed E-state index contributed by atoms with van der Waals surface area (Å²) in [5.41, 5.74) is 0.920. The van der Waals surface area contributed by atoms with E-state index in [0.717, 1.165) is 22.6 Å². The highest BCUT2D eigenvalue weighted by Gasteiger charge is 2.47. The lowest BCUT2D eigenvalue weighted by Gasteiger charge is -2.43. The molecule has 4 heterocycles. The molecule has 0 radical (unpaired) electrons. The number of likely N-dealkylation sites (tertiary alicyclic amines) is 1. The van der Waals surface area contributed by atoms with E-state index in [9.17, 15) is 26.7 Å². The minimum Gasteiger partial charge on any atom is -0.368 e. The van der Waals surface area contributed by atoms with E-state index < -0.39 is 48.5 Å². The van der Waals surface area contributed by atoms with Crippen molar-refractivity contribution in [1.29, 1.82) is 0 Å². The number of aromatic nitrogens is 4. The van der Waals surface area contributed by atoms with Crippen molar-refractivity contribution in [3.05, 3.63) is 59.7 Å². The number of carbonyl (C=O) groups is 1. The monoisotopic (exact) mass is 508 g/mol. The highest BCUT2D eigenvalue weighted by Crippen LogP contribution is 2.36. The molecule has 0 saturated carbocycles. The van der Waals surface area contributed by atoms with Crippen LogP contribution in [0.1, 0.15) is 35.0 Å². The molecule has 0 aliphatic carbocycles. The van der Waals surface area contributed by atoms with Gasteiger partial charge in [-0.1, -0.05) is 6.92 Å². The third kappa shape index (κ3) is 5.47. The number of aryl methyl sites for hydroxylation is 2. The average molecular weight is 508 g/mol. The number of hydrogen-bond donors (Lipinski definition) is 1. The highest BCUT2D eigenvalue weighted by molar-refractivity contribution is 5.99. The van der Waals surface area contributed by atoms with Gasteiger partial charge in [0, 0.05) is 38.6 Å². The quantitative estimate of drug-likeness (QED) is 0.501. The van der Waals surface area contributed by atoms with Crippen molar-refractivity contribution >= 4 is 11.7 Å². The first-order chi connectivity index (χ1) is 16.8. The molecular weight excluding hydrogens is 483 g/mol. The van der Waals surface area contributed by atoms with E-state index in [1.165, 1.54) is 4.68 Å². The van der Waals surface area contributed by atoms with Crippen molar-refractivity contribution in [2.24, 2.45) is 13.0 Å². The molecule has 0 spiro atoms. The predicted octanol–water partition coefficient (Wildman–Crippen LogP) is 4.80. The second-order valence-electron chi connectivity index (χ2n) is 9.13. The number of pyridine rings is 2. The molecule has 4 rings (SSSR count). The third-order valence-electron chi connectivity index (χ3n) is 6.15. The zero-order chi connectivity index (χ0) is 26.3. The van der Waals surface area contributed by atoms with Gasteiger partial charge in [0.2, 0.25) is 0 Å². The first kappa shape index (κ1) is 25.5. The van der Waals surface area contributed by atoms with Crippen molar-refractivity contribution in [1.82, 2.24) is 24.6 Å². The molecule has 1 fully saturated rings. The molecule has 1 amide bonds. The Balaban J connectivity index is 1.61. The lowest BCUT2D eigenvalue weighted by molar-refractivity contribution is -0.137. The second kappa shape index (κ2) is 9.47. The van der Waals surface area contributed by atoms with Crippen LogP contribution in [-0.4, -0.2) is 55.6 Å². The van der Waals surface area contributed by atoms with E-state index in [2.05, 4.69) is 20.4 Å². The lowest BCUT2D eigenvalue weighted by Crippen LogP contribution is -2.57. The normalized spacial score (nSPS) is 19.8. The number of rotatable bonds is 5. The van der Waals surface area contributed by atoms with Gasteiger partial charge >= 0.3 is 6.18 Å². The standard InChI is InChI=1S/C24H25F5N6O/c1-14-6-7-30-18(8-14)17-12-34(3)33-21(17)22(36)35-13-23(25,26)9-15(2)19(35)11-32-20-5-4-16(10-31-20)24(27,28)29/h4-8,10,12,15,19H,9,11,13H2,1-3H3,(H,31,32)/t15?,19-/m1/s1. The SMILES string of the molecule is Cc1ccnc(-c2cn(C)nc2C(=O)N2CC(F)(F)CC(C)[C@H]2CNc2ccc(C(F)(F)F)cn2)c1. The van der Waals surface area contributed by atoms with E-state index >= 15 is 0 Å². The molecule has 1 aliphatic heterocycles. The second-order valence-corrected chi connectivity index (χ2v) is 9.13. The maximum absolute atomic E-state index is 14.6. The first-order valence-corrected chi connectivity index (χ1v) is 11.3. The predicted molar refractivity (Wildman–Crippen MR) is 122 cm³/mol. The van der Waals surface area contributed by atoms with Crippen LogP contribution in [0.3, 0.4) is 0 Å². The van der Waals surface area contributed by atoms with Gasteiger partial charge in [-0.3, -0.25) is 14.5 Å². The summed E-state index contributed by atoms with van der Waals surface area (Å²) in [5, 5.41) is 7.14. The molecule has 0 aromatic carbocycles. The number of nitrogens with zero attached hydrogens (tertiary/aromatic N) is 5. The maximum atomic E-state index is 14.6. The van der Waals surface area contributed by atoms with E-state index in [4.69, 9.17) is 0 Å². The van der Waals surface area contributed by atoms with Crippen molar-refractivity contribution in [2.75, 3.05) is 18.4 Å². The lowest BCUT2D eigenvalue weighted by atomic mass is 9.88. The van der Waals surface area contributed by atoms with Crippen LogP contribution in [0, 0.1) is 12.8 Å². The van der Waals surface area contributed by atoms with Gasteiger partial charge in [0.25, 0.3) is 11.8 Å². The molecule has 7 nitrogen and oxygen atoms in total. The largest absolute Gasteiger partial charge is 0.417 e. The number of hydrogen-bond acceptors (Lipinski definition) is 5. The summed E-state index contributed by atoms with van der Waals surface area (Å²) in [6.07, 6.45) is -1.06. The van der Waals surface area contributed by atoms with Gasteiger partial charge in [-0.25, -0.2) is 13.8 Å². The van der Waals surface area contributed by atoms with Crippen LogP contribution < -0.4 is 5.32 Å². The molecule has 3 aromatic rings. The average Bonchev–Trinajstić information content (AvgIpc) is 3.18. The van der Waals surface area contributed by atoms with Gasteiger partial charge in [0.15, 0.2) is 5.69 Å². The zero-order valence-corrected chi connectivity index (χ0v) is 19.9. The number of nitrogens with one attached hydrogen (secondary N) is 1. The Kier molecular flexibility index (Phi) is 6.72. The van der Waals surface area contributed by atoms with Crippen LogP contribution in [0.4, 0.5) is 27.8 Å². The van der Waals surface area contributed by atoms with Gasteiger partial charge < -0.3 is 10.2 Å². The summed E-state index contributed by atoms with van der Waals surface area (Å²) in [6.45, 7) is 2.70. The van der Waals surface area contributed by atoms with E-state index in [1.54, 1.807) is 38.5 Å².